The first-order valence-electron chi connectivity index (χ1n) is 9.44. The van der Waals surface area contributed by atoms with Crippen LogP contribution in [-0.2, 0) is 15.0 Å². The SMILES string of the molecule is CN1CCC(C(=O)N2C[C@H](N)CC[C@H](C(=O)O)C2)(c2ccccc2)CC1. The van der Waals surface area contributed by atoms with Crippen molar-refractivity contribution in [3.63, 3.8) is 0 Å². The highest BCUT2D eigenvalue weighted by molar-refractivity contribution is 5.89. The maximum absolute atomic E-state index is 13.7. The van der Waals surface area contributed by atoms with Crippen LogP contribution in [0.3, 0.4) is 0 Å². The number of carboxylic acid groups (broad SMARTS) is 1. The molecule has 2 aliphatic heterocycles. The summed E-state index contributed by atoms with van der Waals surface area (Å²) in [5, 5.41) is 9.49. The lowest BCUT2D eigenvalue weighted by Crippen LogP contribution is -2.54. The summed E-state index contributed by atoms with van der Waals surface area (Å²) in [5.41, 5.74) is 6.61. The molecule has 0 saturated carbocycles. The average molecular weight is 359 g/mol. The maximum atomic E-state index is 13.7. The summed E-state index contributed by atoms with van der Waals surface area (Å²) >= 11 is 0. The van der Waals surface area contributed by atoms with Gasteiger partial charge in [-0.3, -0.25) is 9.59 Å². The maximum Gasteiger partial charge on any atom is 0.308 e. The fraction of sp³-hybridized carbons (Fsp3) is 0.600. The first-order valence-corrected chi connectivity index (χ1v) is 9.44. The number of carboxylic acids is 1. The van der Waals surface area contributed by atoms with Gasteiger partial charge in [0.2, 0.25) is 5.91 Å². The van der Waals surface area contributed by atoms with Crippen molar-refractivity contribution in [3.05, 3.63) is 35.9 Å². The highest BCUT2D eigenvalue weighted by atomic mass is 16.4. The number of nitrogens with zero attached hydrogens (tertiary/aromatic N) is 2. The smallest absolute Gasteiger partial charge is 0.308 e. The topological polar surface area (TPSA) is 86.9 Å². The van der Waals surface area contributed by atoms with Crippen molar-refractivity contribution in [1.29, 1.82) is 0 Å². The molecule has 2 atom stereocenters. The number of amides is 1. The minimum atomic E-state index is -0.839. The fourth-order valence-corrected chi connectivity index (χ4v) is 4.27. The first-order chi connectivity index (χ1) is 12.4. The second kappa shape index (κ2) is 7.76. The number of nitrogens with two attached hydrogens (primary N) is 1. The molecule has 2 fully saturated rings. The van der Waals surface area contributed by atoms with Gasteiger partial charge in [-0.2, -0.15) is 0 Å². The molecular formula is C20H29N3O3. The quantitative estimate of drug-likeness (QED) is 0.849. The van der Waals surface area contributed by atoms with Crippen molar-refractivity contribution in [1.82, 2.24) is 9.80 Å². The van der Waals surface area contributed by atoms with Gasteiger partial charge in [0.15, 0.2) is 0 Å². The molecule has 0 aliphatic carbocycles. The van der Waals surface area contributed by atoms with Crippen molar-refractivity contribution in [3.8, 4) is 0 Å². The number of hydrogen-bond acceptors (Lipinski definition) is 4. The number of benzene rings is 1. The van der Waals surface area contributed by atoms with E-state index in [1.165, 1.54) is 0 Å². The summed E-state index contributed by atoms with van der Waals surface area (Å²) in [4.78, 5) is 29.2. The zero-order chi connectivity index (χ0) is 18.7. The van der Waals surface area contributed by atoms with E-state index in [1.807, 2.05) is 30.3 Å². The molecule has 26 heavy (non-hydrogen) atoms. The number of carbonyl (C=O) groups excluding carboxylic acids is 1. The number of piperidine rings is 1. The second-order valence-corrected chi connectivity index (χ2v) is 7.83. The largest absolute Gasteiger partial charge is 0.481 e. The molecule has 6 heteroatoms. The molecule has 1 aromatic rings. The molecule has 1 aromatic carbocycles. The van der Waals surface area contributed by atoms with E-state index in [0.29, 0.717) is 19.4 Å². The van der Waals surface area contributed by atoms with Crippen LogP contribution in [0.2, 0.25) is 0 Å². The minimum Gasteiger partial charge on any atom is -0.481 e. The van der Waals surface area contributed by atoms with Crippen molar-refractivity contribution in [2.45, 2.75) is 37.1 Å². The van der Waals surface area contributed by atoms with E-state index in [2.05, 4.69) is 11.9 Å². The normalized spacial score (nSPS) is 26.9. The number of aliphatic carboxylic acids is 1. The van der Waals surface area contributed by atoms with Crippen molar-refractivity contribution in [2.24, 2.45) is 11.7 Å². The Balaban J connectivity index is 1.93. The summed E-state index contributed by atoms with van der Waals surface area (Å²) < 4.78 is 0. The lowest BCUT2D eigenvalue weighted by molar-refractivity contribution is -0.145. The molecule has 1 amide bonds. The third-order valence-corrected chi connectivity index (χ3v) is 5.99. The summed E-state index contributed by atoms with van der Waals surface area (Å²) in [6.45, 7) is 2.39. The Morgan fingerprint density at radius 3 is 2.38 bits per heavy atom. The van der Waals surface area contributed by atoms with Gasteiger partial charge < -0.3 is 20.6 Å². The molecule has 0 unspecified atom stereocenters. The second-order valence-electron chi connectivity index (χ2n) is 7.83. The van der Waals surface area contributed by atoms with E-state index in [-0.39, 0.29) is 18.5 Å². The highest BCUT2D eigenvalue weighted by Gasteiger charge is 2.45. The molecule has 0 aromatic heterocycles. The van der Waals surface area contributed by atoms with Crippen LogP contribution in [0.5, 0.6) is 0 Å². The van der Waals surface area contributed by atoms with Crippen LogP contribution in [0.25, 0.3) is 0 Å². The van der Waals surface area contributed by atoms with Gasteiger partial charge in [-0.15, -0.1) is 0 Å². The molecule has 142 valence electrons. The number of likely N-dealkylation sites (tertiary alicyclic amines) is 2. The van der Waals surface area contributed by atoms with Crippen LogP contribution < -0.4 is 5.73 Å². The monoisotopic (exact) mass is 359 g/mol. The summed E-state index contributed by atoms with van der Waals surface area (Å²) in [6.07, 6.45) is 2.66. The van der Waals surface area contributed by atoms with Gasteiger partial charge in [-0.1, -0.05) is 30.3 Å². The van der Waals surface area contributed by atoms with Crippen molar-refractivity contribution >= 4 is 11.9 Å². The predicted molar refractivity (Wildman–Crippen MR) is 99.8 cm³/mol. The third-order valence-electron chi connectivity index (χ3n) is 5.99. The van der Waals surface area contributed by atoms with Crippen molar-refractivity contribution in [2.75, 3.05) is 33.2 Å². The zero-order valence-electron chi connectivity index (χ0n) is 15.4. The molecule has 0 bridgehead atoms. The van der Waals surface area contributed by atoms with E-state index < -0.39 is 17.3 Å². The Morgan fingerprint density at radius 1 is 1.12 bits per heavy atom. The van der Waals surface area contributed by atoms with Crippen LogP contribution in [0.4, 0.5) is 0 Å². The Morgan fingerprint density at radius 2 is 1.77 bits per heavy atom. The van der Waals surface area contributed by atoms with Gasteiger partial charge in [-0.25, -0.2) is 0 Å². The summed E-state index contributed by atoms with van der Waals surface area (Å²) in [5.74, 6) is -1.33. The Hall–Kier alpha value is -1.92. The number of carbonyl (C=O) groups is 2. The number of rotatable bonds is 3. The molecule has 2 aliphatic rings. The molecule has 3 N–H and O–H groups in total. The van der Waals surface area contributed by atoms with E-state index in [9.17, 15) is 14.7 Å². The minimum absolute atomic E-state index is 0.0420. The molecule has 6 nitrogen and oxygen atoms in total. The van der Waals surface area contributed by atoms with Gasteiger partial charge in [0.05, 0.1) is 11.3 Å². The molecule has 3 rings (SSSR count). The Labute approximate surface area is 155 Å². The van der Waals surface area contributed by atoms with Crippen molar-refractivity contribution < 1.29 is 14.7 Å². The van der Waals surface area contributed by atoms with Gasteiger partial charge >= 0.3 is 5.97 Å². The zero-order valence-corrected chi connectivity index (χ0v) is 15.4. The number of hydrogen-bond donors (Lipinski definition) is 2. The summed E-state index contributed by atoms with van der Waals surface area (Å²) in [7, 11) is 2.07. The van der Waals surface area contributed by atoms with E-state index in [0.717, 1.165) is 31.5 Å². The van der Waals surface area contributed by atoms with Crippen LogP contribution in [0.15, 0.2) is 30.3 Å². The molecule has 2 saturated heterocycles. The molecule has 2 heterocycles. The lowest BCUT2D eigenvalue weighted by atomic mass is 9.71. The highest BCUT2D eigenvalue weighted by Crippen LogP contribution is 2.38. The van der Waals surface area contributed by atoms with Crippen LogP contribution in [-0.4, -0.2) is 66.1 Å². The molecule has 0 spiro atoms. The Kier molecular flexibility index (Phi) is 5.63. The van der Waals surface area contributed by atoms with E-state index in [4.69, 9.17) is 5.73 Å². The van der Waals surface area contributed by atoms with Gasteiger partial charge in [0.1, 0.15) is 0 Å². The lowest BCUT2D eigenvalue weighted by Gasteiger charge is -2.43. The standard InChI is InChI=1S/C20H29N3O3/c1-22-11-9-20(10-12-22,16-5-3-2-4-6-16)19(26)23-13-15(18(24)25)7-8-17(21)14-23/h2-6,15,17H,7-14,21H2,1H3,(H,24,25)/t15-,17+/m0/s1. The first kappa shape index (κ1) is 18.9. The van der Waals surface area contributed by atoms with Crippen LogP contribution in [0, 0.1) is 5.92 Å². The van der Waals surface area contributed by atoms with E-state index >= 15 is 0 Å². The van der Waals surface area contributed by atoms with Gasteiger partial charge in [-0.05, 0) is 51.4 Å². The van der Waals surface area contributed by atoms with Crippen LogP contribution in [0.1, 0.15) is 31.2 Å². The van der Waals surface area contributed by atoms with Gasteiger partial charge in [0.25, 0.3) is 0 Å². The van der Waals surface area contributed by atoms with Gasteiger partial charge in [0, 0.05) is 19.1 Å². The third kappa shape index (κ3) is 3.76. The predicted octanol–water partition coefficient (Wildman–Crippen LogP) is 1.30. The average Bonchev–Trinajstić information content (AvgIpc) is 2.85. The molecular weight excluding hydrogens is 330 g/mol. The fourth-order valence-electron chi connectivity index (χ4n) is 4.27. The van der Waals surface area contributed by atoms with Crippen LogP contribution >= 0.6 is 0 Å². The van der Waals surface area contributed by atoms with E-state index in [1.54, 1.807) is 4.90 Å². The molecule has 0 radical (unpaired) electrons. The summed E-state index contributed by atoms with van der Waals surface area (Å²) in [6, 6.07) is 9.78. The Bertz CT molecular complexity index is 641.